The Morgan fingerprint density at radius 1 is 1.29 bits per heavy atom. The summed E-state index contributed by atoms with van der Waals surface area (Å²) in [6, 6.07) is 5.49. The van der Waals surface area contributed by atoms with Gasteiger partial charge in [0.25, 0.3) is 0 Å². The lowest BCUT2D eigenvalue weighted by molar-refractivity contribution is 0.209. The summed E-state index contributed by atoms with van der Waals surface area (Å²) in [7, 11) is 0. The maximum absolute atomic E-state index is 8.88. The van der Waals surface area contributed by atoms with Crippen molar-refractivity contribution in [2.45, 2.75) is 11.8 Å². The topological polar surface area (TPSA) is 23.5 Å². The van der Waals surface area contributed by atoms with Crippen LogP contribution in [0.5, 0.6) is 0 Å². The number of aliphatic hydroxyl groups excluding tert-OH is 1. The highest BCUT2D eigenvalue weighted by Gasteiger charge is 2.04. The monoisotopic (exact) mass is 293 g/mol. The highest BCUT2D eigenvalue weighted by atomic mass is 35.5. The van der Waals surface area contributed by atoms with Crippen molar-refractivity contribution < 1.29 is 5.11 Å². The Kier molecular flexibility index (Phi) is 7.32. The van der Waals surface area contributed by atoms with Gasteiger partial charge in [0.1, 0.15) is 0 Å². The van der Waals surface area contributed by atoms with Gasteiger partial charge in [-0.25, -0.2) is 0 Å². The molecule has 0 bridgehead atoms. The van der Waals surface area contributed by atoms with E-state index in [1.54, 1.807) is 17.8 Å². The Balaban J connectivity index is 2.42. The Bertz CT molecular complexity index is 349. The fraction of sp³-hybridized carbons (Fsp3) is 0.500. The molecule has 0 aromatic heterocycles. The van der Waals surface area contributed by atoms with Gasteiger partial charge >= 0.3 is 0 Å². The first-order valence-electron chi connectivity index (χ1n) is 5.58. The van der Waals surface area contributed by atoms with Crippen molar-refractivity contribution in [3.63, 3.8) is 0 Å². The van der Waals surface area contributed by atoms with Gasteiger partial charge in [0, 0.05) is 28.8 Å². The van der Waals surface area contributed by atoms with Crippen LogP contribution in [0.3, 0.4) is 0 Å². The maximum Gasteiger partial charge on any atom is 0.0558 e. The Labute approximate surface area is 117 Å². The van der Waals surface area contributed by atoms with Gasteiger partial charge in [-0.15, -0.1) is 11.8 Å². The molecule has 0 amide bonds. The second-order valence-electron chi connectivity index (χ2n) is 3.58. The van der Waals surface area contributed by atoms with Crippen molar-refractivity contribution in [1.82, 2.24) is 4.90 Å². The molecule has 0 fully saturated rings. The number of likely N-dealkylation sites (N-methyl/N-ethyl adjacent to an activating group) is 1. The number of aliphatic hydroxyl groups is 1. The maximum atomic E-state index is 8.88. The molecule has 0 unspecified atom stereocenters. The van der Waals surface area contributed by atoms with Crippen LogP contribution in [-0.2, 0) is 0 Å². The third-order valence-electron chi connectivity index (χ3n) is 2.42. The molecule has 5 heteroatoms. The molecule has 0 aliphatic carbocycles. The third kappa shape index (κ3) is 5.49. The van der Waals surface area contributed by atoms with E-state index in [-0.39, 0.29) is 6.61 Å². The predicted molar refractivity (Wildman–Crippen MR) is 76.4 cm³/mol. The molecule has 1 rings (SSSR count). The van der Waals surface area contributed by atoms with E-state index in [2.05, 4.69) is 11.8 Å². The molecule has 0 spiro atoms. The van der Waals surface area contributed by atoms with Crippen LogP contribution in [0, 0.1) is 0 Å². The minimum atomic E-state index is 0.205. The zero-order valence-corrected chi connectivity index (χ0v) is 12.2. The van der Waals surface area contributed by atoms with Gasteiger partial charge in [0.15, 0.2) is 0 Å². The van der Waals surface area contributed by atoms with Crippen LogP contribution in [-0.4, -0.2) is 42.0 Å². The lowest BCUT2D eigenvalue weighted by Gasteiger charge is -2.18. The molecular formula is C12H17Cl2NOS. The van der Waals surface area contributed by atoms with Crippen molar-refractivity contribution in [3.8, 4) is 0 Å². The van der Waals surface area contributed by atoms with Crippen LogP contribution < -0.4 is 0 Å². The average molecular weight is 294 g/mol. The summed E-state index contributed by atoms with van der Waals surface area (Å²) in [6.07, 6.45) is 0. The zero-order valence-electron chi connectivity index (χ0n) is 9.83. The first-order valence-corrected chi connectivity index (χ1v) is 7.32. The highest BCUT2D eigenvalue weighted by Crippen LogP contribution is 2.29. The number of hydrogen-bond acceptors (Lipinski definition) is 3. The predicted octanol–water partition coefficient (Wildman–Crippen LogP) is 3.40. The molecule has 0 saturated carbocycles. The first kappa shape index (κ1) is 15.1. The van der Waals surface area contributed by atoms with E-state index in [9.17, 15) is 0 Å². The SMILES string of the molecule is CCN(CCO)CCSc1cc(Cl)ccc1Cl. The third-order valence-corrected chi connectivity index (χ3v) is 4.13. The lowest BCUT2D eigenvalue weighted by atomic mass is 10.4. The van der Waals surface area contributed by atoms with Crippen molar-refractivity contribution in [2.75, 3.05) is 32.0 Å². The molecule has 0 heterocycles. The molecule has 0 saturated heterocycles. The van der Waals surface area contributed by atoms with E-state index in [4.69, 9.17) is 28.3 Å². The summed E-state index contributed by atoms with van der Waals surface area (Å²) in [4.78, 5) is 3.21. The zero-order chi connectivity index (χ0) is 12.7. The van der Waals surface area contributed by atoms with Gasteiger partial charge in [0.05, 0.1) is 11.6 Å². The van der Waals surface area contributed by atoms with Crippen LogP contribution in [0.2, 0.25) is 10.0 Å². The summed E-state index contributed by atoms with van der Waals surface area (Å²) in [5.41, 5.74) is 0. The molecular weight excluding hydrogens is 277 g/mol. The molecule has 0 atom stereocenters. The fourth-order valence-electron chi connectivity index (χ4n) is 1.44. The minimum absolute atomic E-state index is 0.205. The number of benzene rings is 1. The normalized spacial score (nSPS) is 11.1. The van der Waals surface area contributed by atoms with Crippen LogP contribution in [0.25, 0.3) is 0 Å². The van der Waals surface area contributed by atoms with Crippen molar-refractivity contribution in [1.29, 1.82) is 0 Å². The van der Waals surface area contributed by atoms with Gasteiger partial charge in [-0.3, -0.25) is 0 Å². The quantitative estimate of drug-likeness (QED) is 0.780. The second kappa shape index (κ2) is 8.22. The van der Waals surface area contributed by atoms with E-state index in [1.807, 2.05) is 12.1 Å². The number of rotatable bonds is 7. The number of thioether (sulfide) groups is 1. The molecule has 0 aliphatic rings. The largest absolute Gasteiger partial charge is 0.395 e. The average Bonchev–Trinajstić information content (AvgIpc) is 2.32. The van der Waals surface area contributed by atoms with Crippen LogP contribution in [0.1, 0.15) is 6.92 Å². The first-order chi connectivity index (χ1) is 8.17. The van der Waals surface area contributed by atoms with Crippen molar-refractivity contribution >= 4 is 35.0 Å². The summed E-state index contributed by atoms with van der Waals surface area (Å²) in [6.45, 7) is 4.90. The van der Waals surface area contributed by atoms with Gasteiger partial charge < -0.3 is 10.0 Å². The minimum Gasteiger partial charge on any atom is -0.395 e. The van der Waals surface area contributed by atoms with Gasteiger partial charge in [-0.2, -0.15) is 0 Å². The summed E-state index contributed by atoms with van der Waals surface area (Å²) in [5, 5.41) is 10.3. The van der Waals surface area contributed by atoms with Crippen LogP contribution in [0.15, 0.2) is 23.1 Å². The smallest absolute Gasteiger partial charge is 0.0558 e. The summed E-state index contributed by atoms with van der Waals surface area (Å²) >= 11 is 13.7. The molecule has 2 nitrogen and oxygen atoms in total. The molecule has 1 aromatic rings. The highest BCUT2D eigenvalue weighted by molar-refractivity contribution is 7.99. The summed E-state index contributed by atoms with van der Waals surface area (Å²) in [5.74, 6) is 0.938. The van der Waals surface area contributed by atoms with Crippen molar-refractivity contribution in [3.05, 3.63) is 28.2 Å². The molecule has 0 aliphatic heterocycles. The van der Waals surface area contributed by atoms with Crippen LogP contribution in [0.4, 0.5) is 0 Å². The van der Waals surface area contributed by atoms with Crippen LogP contribution >= 0.6 is 35.0 Å². The molecule has 1 aromatic carbocycles. The van der Waals surface area contributed by atoms with E-state index in [0.29, 0.717) is 5.02 Å². The fourth-order valence-corrected chi connectivity index (χ4v) is 2.95. The Hall–Kier alpha value is 0.0700. The molecule has 1 N–H and O–H groups in total. The molecule has 17 heavy (non-hydrogen) atoms. The summed E-state index contributed by atoms with van der Waals surface area (Å²) < 4.78 is 0. The van der Waals surface area contributed by atoms with Crippen molar-refractivity contribution in [2.24, 2.45) is 0 Å². The van der Waals surface area contributed by atoms with Gasteiger partial charge in [0.2, 0.25) is 0 Å². The number of nitrogens with zero attached hydrogens (tertiary/aromatic N) is 1. The Morgan fingerprint density at radius 3 is 2.71 bits per heavy atom. The van der Waals surface area contributed by atoms with E-state index >= 15 is 0 Å². The van der Waals surface area contributed by atoms with E-state index in [0.717, 1.165) is 35.3 Å². The van der Waals surface area contributed by atoms with E-state index < -0.39 is 0 Å². The lowest BCUT2D eigenvalue weighted by Crippen LogP contribution is -2.28. The molecule has 0 radical (unpaired) electrons. The molecule has 96 valence electrons. The number of hydrogen-bond donors (Lipinski definition) is 1. The second-order valence-corrected chi connectivity index (χ2v) is 5.56. The number of halogens is 2. The standard InChI is InChI=1S/C12H17Cl2NOS/c1-2-15(5-7-16)6-8-17-12-9-10(13)3-4-11(12)14/h3-4,9,16H,2,5-8H2,1H3. The van der Waals surface area contributed by atoms with Gasteiger partial charge in [-0.05, 0) is 24.7 Å². The Morgan fingerprint density at radius 2 is 2.06 bits per heavy atom. The van der Waals surface area contributed by atoms with Gasteiger partial charge in [-0.1, -0.05) is 30.1 Å². The van der Waals surface area contributed by atoms with E-state index in [1.165, 1.54) is 0 Å².